The minimum atomic E-state index is 0.144. The summed E-state index contributed by atoms with van der Waals surface area (Å²) in [7, 11) is 0. The molecule has 6 heteroatoms. The standard InChI is InChI=1S/C31H35N5O/c1-4-27-8-6-12-32-30(27)35-15-13-33(14-16-35)23-26-11-10-25(3)29(22-26)31(37)36-19-17-34(18-20-36)28-9-5-7-24(2)21-28/h1,5-12,21-22H,13-20,23H2,2-3H3. The zero-order valence-corrected chi connectivity index (χ0v) is 21.9. The first kappa shape index (κ1) is 24.9. The van der Waals surface area contributed by atoms with Crippen LogP contribution in [0, 0.1) is 26.2 Å². The van der Waals surface area contributed by atoms with Crippen molar-refractivity contribution in [1.82, 2.24) is 14.8 Å². The fraction of sp³-hybridized carbons (Fsp3) is 0.355. The molecular weight excluding hydrogens is 458 g/mol. The van der Waals surface area contributed by atoms with Crippen molar-refractivity contribution in [2.75, 3.05) is 62.2 Å². The second-order valence-electron chi connectivity index (χ2n) is 10.0. The van der Waals surface area contributed by atoms with Gasteiger partial charge in [-0.1, -0.05) is 30.2 Å². The third-order valence-corrected chi connectivity index (χ3v) is 7.49. The number of hydrogen-bond acceptors (Lipinski definition) is 5. The first-order chi connectivity index (χ1) is 18.0. The van der Waals surface area contributed by atoms with E-state index in [0.717, 1.165) is 81.4 Å². The number of hydrogen-bond donors (Lipinski definition) is 0. The Morgan fingerprint density at radius 3 is 2.38 bits per heavy atom. The Kier molecular flexibility index (Phi) is 7.43. The van der Waals surface area contributed by atoms with Crippen molar-refractivity contribution in [2.24, 2.45) is 0 Å². The summed E-state index contributed by atoms with van der Waals surface area (Å²) in [6, 6.07) is 18.8. The molecule has 0 spiro atoms. The van der Waals surface area contributed by atoms with E-state index in [1.807, 2.05) is 24.0 Å². The van der Waals surface area contributed by atoms with E-state index in [1.54, 1.807) is 6.20 Å². The molecule has 3 heterocycles. The second-order valence-corrected chi connectivity index (χ2v) is 10.0. The predicted octanol–water partition coefficient (Wildman–Crippen LogP) is 3.96. The first-order valence-electron chi connectivity index (χ1n) is 13.1. The van der Waals surface area contributed by atoms with E-state index in [0.29, 0.717) is 0 Å². The van der Waals surface area contributed by atoms with E-state index in [4.69, 9.17) is 6.42 Å². The molecule has 5 rings (SSSR count). The highest BCUT2D eigenvalue weighted by Crippen LogP contribution is 2.22. The number of aromatic nitrogens is 1. The van der Waals surface area contributed by atoms with Crippen molar-refractivity contribution in [3.63, 3.8) is 0 Å². The average Bonchev–Trinajstić information content (AvgIpc) is 2.94. The van der Waals surface area contributed by atoms with Gasteiger partial charge in [0.25, 0.3) is 5.91 Å². The number of carbonyl (C=O) groups excluding carboxylic acids is 1. The van der Waals surface area contributed by atoms with Crippen LogP contribution in [0.3, 0.4) is 0 Å². The highest BCUT2D eigenvalue weighted by Gasteiger charge is 2.25. The summed E-state index contributed by atoms with van der Waals surface area (Å²) in [5.41, 5.74) is 6.40. The molecule has 37 heavy (non-hydrogen) atoms. The van der Waals surface area contributed by atoms with Gasteiger partial charge in [-0.05, 0) is 60.9 Å². The molecule has 2 saturated heterocycles. The van der Waals surface area contributed by atoms with Crippen LogP contribution in [0.5, 0.6) is 0 Å². The number of pyridine rings is 1. The summed E-state index contributed by atoms with van der Waals surface area (Å²) >= 11 is 0. The lowest BCUT2D eigenvalue weighted by Crippen LogP contribution is -2.49. The Morgan fingerprint density at radius 2 is 1.65 bits per heavy atom. The van der Waals surface area contributed by atoms with E-state index in [2.05, 4.69) is 75.0 Å². The monoisotopic (exact) mass is 493 g/mol. The van der Waals surface area contributed by atoms with Gasteiger partial charge >= 0.3 is 0 Å². The van der Waals surface area contributed by atoms with E-state index in [1.165, 1.54) is 16.8 Å². The lowest BCUT2D eigenvalue weighted by molar-refractivity contribution is 0.0746. The summed E-state index contributed by atoms with van der Waals surface area (Å²) in [4.78, 5) is 27.1. The molecule has 0 atom stereocenters. The molecule has 1 amide bonds. The number of carbonyl (C=O) groups is 1. The van der Waals surface area contributed by atoms with Gasteiger partial charge in [0.2, 0.25) is 0 Å². The third-order valence-electron chi connectivity index (χ3n) is 7.49. The van der Waals surface area contributed by atoms with Gasteiger partial charge in [-0.25, -0.2) is 4.98 Å². The molecule has 0 radical (unpaired) electrons. The number of piperazine rings is 2. The van der Waals surface area contributed by atoms with Gasteiger partial charge in [-0.2, -0.15) is 0 Å². The minimum absolute atomic E-state index is 0.144. The van der Waals surface area contributed by atoms with Crippen LogP contribution in [0.1, 0.15) is 32.6 Å². The average molecular weight is 494 g/mol. The number of amides is 1. The molecule has 0 aliphatic carbocycles. The number of anilines is 2. The SMILES string of the molecule is C#Cc1cccnc1N1CCN(Cc2ccc(C)c(C(=O)N3CCN(c4cccc(C)c4)CC3)c2)CC1. The van der Waals surface area contributed by atoms with Crippen molar-refractivity contribution < 1.29 is 4.79 Å². The van der Waals surface area contributed by atoms with Gasteiger partial charge in [0, 0.05) is 76.4 Å². The highest BCUT2D eigenvalue weighted by atomic mass is 16.2. The Bertz CT molecular complexity index is 1300. The highest BCUT2D eigenvalue weighted by molar-refractivity contribution is 5.96. The number of aryl methyl sites for hydroxylation is 2. The molecule has 0 saturated carbocycles. The maximum Gasteiger partial charge on any atom is 0.254 e. The van der Waals surface area contributed by atoms with Crippen molar-refractivity contribution in [2.45, 2.75) is 20.4 Å². The van der Waals surface area contributed by atoms with Gasteiger partial charge < -0.3 is 14.7 Å². The lowest BCUT2D eigenvalue weighted by atomic mass is 10.0. The topological polar surface area (TPSA) is 42.9 Å². The molecule has 6 nitrogen and oxygen atoms in total. The third kappa shape index (κ3) is 5.63. The van der Waals surface area contributed by atoms with Crippen LogP contribution in [-0.2, 0) is 6.54 Å². The maximum absolute atomic E-state index is 13.5. The Balaban J connectivity index is 1.19. The van der Waals surface area contributed by atoms with Crippen LogP contribution in [0.25, 0.3) is 0 Å². The molecule has 2 aliphatic heterocycles. The van der Waals surface area contributed by atoms with Gasteiger partial charge in [0.1, 0.15) is 5.82 Å². The van der Waals surface area contributed by atoms with Crippen molar-refractivity contribution in [3.8, 4) is 12.3 Å². The van der Waals surface area contributed by atoms with Crippen LogP contribution < -0.4 is 9.80 Å². The van der Waals surface area contributed by atoms with E-state index in [-0.39, 0.29) is 5.91 Å². The Labute approximate surface area is 220 Å². The summed E-state index contributed by atoms with van der Waals surface area (Å²) in [5.74, 6) is 3.79. The van der Waals surface area contributed by atoms with Crippen molar-refractivity contribution in [1.29, 1.82) is 0 Å². The Hall–Kier alpha value is -3.82. The van der Waals surface area contributed by atoms with Crippen LogP contribution in [0.2, 0.25) is 0 Å². The molecule has 3 aromatic rings. The molecule has 0 bridgehead atoms. The molecule has 2 aromatic carbocycles. The van der Waals surface area contributed by atoms with Gasteiger partial charge in [-0.3, -0.25) is 9.69 Å². The number of terminal acetylenes is 1. The van der Waals surface area contributed by atoms with Crippen molar-refractivity contribution >= 4 is 17.4 Å². The van der Waals surface area contributed by atoms with Crippen molar-refractivity contribution in [3.05, 3.63) is 88.6 Å². The zero-order chi connectivity index (χ0) is 25.8. The summed E-state index contributed by atoms with van der Waals surface area (Å²) in [5, 5.41) is 0. The maximum atomic E-state index is 13.5. The van der Waals surface area contributed by atoms with Gasteiger partial charge in [0.05, 0.1) is 5.56 Å². The molecule has 0 unspecified atom stereocenters. The van der Waals surface area contributed by atoms with Crippen LogP contribution in [0.4, 0.5) is 11.5 Å². The van der Waals surface area contributed by atoms with E-state index in [9.17, 15) is 4.79 Å². The van der Waals surface area contributed by atoms with Gasteiger partial charge in [-0.15, -0.1) is 6.42 Å². The molecule has 190 valence electrons. The second kappa shape index (κ2) is 11.1. The summed E-state index contributed by atoms with van der Waals surface area (Å²) in [6.07, 6.45) is 7.47. The molecule has 0 N–H and O–H groups in total. The molecule has 1 aromatic heterocycles. The molecule has 2 aliphatic rings. The van der Waals surface area contributed by atoms with Crippen LogP contribution in [-0.4, -0.2) is 73.0 Å². The summed E-state index contributed by atoms with van der Waals surface area (Å²) < 4.78 is 0. The zero-order valence-electron chi connectivity index (χ0n) is 21.9. The number of nitrogens with zero attached hydrogens (tertiary/aromatic N) is 5. The van der Waals surface area contributed by atoms with Crippen LogP contribution >= 0.6 is 0 Å². The fourth-order valence-electron chi connectivity index (χ4n) is 5.30. The van der Waals surface area contributed by atoms with E-state index < -0.39 is 0 Å². The quantitative estimate of drug-likeness (QED) is 0.504. The van der Waals surface area contributed by atoms with Crippen LogP contribution in [0.15, 0.2) is 60.8 Å². The fourth-order valence-corrected chi connectivity index (χ4v) is 5.30. The number of benzene rings is 2. The smallest absolute Gasteiger partial charge is 0.254 e. The predicted molar refractivity (Wildman–Crippen MR) is 150 cm³/mol. The van der Waals surface area contributed by atoms with E-state index >= 15 is 0 Å². The normalized spacial score (nSPS) is 16.5. The lowest BCUT2D eigenvalue weighted by Gasteiger charge is -2.37. The first-order valence-corrected chi connectivity index (χ1v) is 13.1. The summed E-state index contributed by atoms with van der Waals surface area (Å²) in [6.45, 7) is 11.8. The molecule has 2 fully saturated rings. The number of rotatable bonds is 5. The molecular formula is C31H35N5O. The van der Waals surface area contributed by atoms with Gasteiger partial charge in [0.15, 0.2) is 0 Å². The Morgan fingerprint density at radius 1 is 0.892 bits per heavy atom. The largest absolute Gasteiger partial charge is 0.368 e. The minimum Gasteiger partial charge on any atom is -0.368 e.